The first-order chi connectivity index (χ1) is 14.1. The highest BCUT2D eigenvalue weighted by molar-refractivity contribution is 7.92. The van der Waals surface area contributed by atoms with Gasteiger partial charge < -0.3 is 4.90 Å². The van der Waals surface area contributed by atoms with Crippen LogP contribution in [-0.2, 0) is 9.84 Å². The van der Waals surface area contributed by atoms with Crippen LogP contribution in [0.15, 0.2) is 53.4 Å². The van der Waals surface area contributed by atoms with Gasteiger partial charge in [0.25, 0.3) is 15.5 Å². The molecule has 0 N–H and O–H groups in total. The van der Waals surface area contributed by atoms with E-state index < -0.39 is 42.8 Å². The Morgan fingerprint density at radius 2 is 1.87 bits per heavy atom. The molecule has 3 rings (SSSR count). The minimum Gasteiger partial charge on any atom is -0.361 e. The zero-order valence-electron chi connectivity index (χ0n) is 15.4. The quantitative estimate of drug-likeness (QED) is 0.512. The van der Waals surface area contributed by atoms with Crippen molar-refractivity contribution in [1.29, 1.82) is 5.26 Å². The van der Waals surface area contributed by atoms with Crippen molar-refractivity contribution in [2.45, 2.75) is 35.2 Å². The number of nitrogens with zero attached hydrogens (tertiary/aromatic N) is 3. The smallest absolute Gasteiger partial charge is 0.361 e. The highest BCUT2D eigenvalue weighted by Crippen LogP contribution is 2.41. The van der Waals surface area contributed by atoms with Crippen LogP contribution in [0.5, 0.6) is 0 Å². The van der Waals surface area contributed by atoms with E-state index in [2.05, 4.69) is 6.07 Å². The van der Waals surface area contributed by atoms with Crippen LogP contribution < -0.4 is 4.90 Å². The van der Waals surface area contributed by atoms with Gasteiger partial charge in [0, 0.05) is 18.7 Å². The Balaban J connectivity index is 2.06. The molecule has 2 unspecified atom stereocenters. The minimum atomic E-state index is -5.73. The van der Waals surface area contributed by atoms with E-state index in [4.69, 9.17) is 0 Å². The summed E-state index contributed by atoms with van der Waals surface area (Å²) in [6.45, 7) is 0.349. The van der Waals surface area contributed by atoms with Crippen molar-refractivity contribution in [2.75, 3.05) is 11.4 Å². The Kier molecular flexibility index (Phi) is 5.72. The second kappa shape index (κ2) is 7.95. The van der Waals surface area contributed by atoms with Gasteiger partial charge in [-0.15, -0.1) is 0 Å². The average molecular weight is 439 g/mol. The van der Waals surface area contributed by atoms with Gasteiger partial charge in [-0.3, -0.25) is 10.1 Å². The van der Waals surface area contributed by atoms with Crippen LogP contribution in [-0.4, -0.2) is 31.4 Å². The summed E-state index contributed by atoms with van der Waals surface area (Å²) in [7, 11) is -5.73. The molecule has 0 aliphatic carbocycles. The molecule has 1 aliphatic heterocycles. The lowest BCUT2D eigenvalue weighted by atomic mass is 9.91. The van der Waals surface area contributed by atoms with Gasteiger partial charge in [0.15, 0.2) is 0 Å². The molecule has 30 heavy (non-hydrogen) atoms. The molecule has 1 saturated heterocycles. The third-order valence-corrected chi connectivity index (χ3v) is 6.53. The van der Waals surface area contributed by atoms with Crippen molar-refractivity contribution in [3.05, 3.63) is 64.2 Å². The fraction of sp³-hybridized carbons (Fsp3) is 0.316. The van der Waals surface area contributed by atoms with E-state index in [0.717, 1.165) is 11.6 Å². The molecule has 0 amide bonds. The molecule has 0 bridgehead atoms. The Labute approximate surface area is 170 Å². The molecular weight excluding hydrogens is 423 g/mol. The average Bonchev–Trinajstić information content (AvgIpc) is 3.17. The monoisotopic (exact) mass is 439 g/mol. The largest absolute Gasteiger partial charge is 0.501 e. The lowest BCUT2D eigenvalue weighted by Crippen LogP contribution is -2.34. The number of hydrogen-bond acceptors (Lipinski definition) is 6. The van der Waals surface area contributed by atoms with Crippen molar-refractivity contribution in [1.82, 2.24) is 0 Å². The summed E-state index contributed by atoms with van der Waals surface area (Å²) < 4.78 is 61.9. The predicted octanol–water partition coefficient (Wildman–Crippen LogP) is 4.16. The number of alkyl halides is 3. The molecule has 11 heteroatoms. The lowest BCUT2D eigenvalue weighted by molar-refractivity contribution is -0.384. The molecule has 2 aromatic rings. The third kappa shape index (κ3) is 3.82. The van der Waals surface area contributed by atoms with E-state index in [1.807, 2.05) is 0 Å². The van der Waals surface area contributed by atoms with Gasteiger partial charge in [0.2, 0.25) is 0 Å². The van der Waals surface area contributed by atoms with Crippen LogP contribution in [0.3, 0.4) is 0 Å². The Morgan fingerprint density at radius 1 is 1.20 bits per heavy atom. The fourth-order valence-corrected chi connectivity index (χ4v) is 4.46. The van der Waals surface area contributed by atoms with Gasteiger partial charge in [-0.25, -0.2) is 8.42 Å². The normalized spacial score (nSPS) is 18.1. The van der Waals surface area contributed by atoms with E-state index in [1.165, 1.54) is 0 Å². The van der Waals surface area contributed by atoms with Crippen LogP contribution in [0, 0.1) is 21.4 Å². The first kappa shape index (κ1) is 21.6. The number of anilines is 1. The van der Waals surface area contributed by atoms with Crippen molar-refractivity contribution < 1.29 is 26.5 Å². The van der Waals surface area contributed by atoms with Crippen LogP contribution in [0.25, 0.3) is 0 Å². The highest BCUT2D eigenvalue weighted by Gasteiger charge is 2.48. The number of nitriles is 1. The fourth-order valence-electron chi connectivity index (χ4n) is 3.67. The molecule has 2 atom stereocenters. The minimum absolute atomic E-state index is 0.0141. The Bertz CT molecular complexity index is 1100. The third-order valence-electron chi connectivity index (χ3n) is 5.05. The molecule has 7 nitrogen and oxygen atoms in total. The maximum atomic E-state index is 12.9. The van der Waals surface area contributed by atoms with Gasteiger partial charge in [0.1, 0.15) is 5.69 Å². The van der Waals surface area contributed by atoms with E-state index >= 15 is 0 Å². The van der Waals surface area contributed by atoms with Gasteiger partial charge in [0.05, 0.1) is 21.8 Å². The highest BCUT2D eigenvalue weighted by atomic mass is 32.2. The number of halogens is 3. The summed E-state index contributed by atoms with van der Waals surface area (Å²) in [6, 6.07) is 12.7. The Hall–Kier alpha value is -3.13. The number of sulfone groups is 1. The summed E-state index contributed by atoms with van der Waals surface area (Å²) in [5.74, 6) is -0.619. The molecule has 1 aliphatic rings. The van der Waals surface area contributed by atoms with Crippen LogP contribution in [0.4, 0.5) is 24.5 Å². The first-order valence-corrected chi connectivity index (χ1v) is 10.4. The topological polar surface area (TPSA) is 104 Å². The Morgan fingerprint density at radius 3 is 2.43 bits per heavy atom. The second-order valence-electron chi connectivity index (χ2n) is 6.78. The number of hydrogen-bond donors (Lipinski definition) is 0. The molecule has 0 spiro atoms. The molecule has 0 radical (unpaired) electrons. The summed E-state index contributed by atoms with van der Waals surface area (Å²) in [5.41, 5.74) is -5.62. The molecule has 0 saturated carbocycles. The van der Waals surface area contributed by atoms with Crippen molar-refractivity contribution in [3.8, 4) is 6.07 Å². The number of nitro groups is 1. The SMILES string of the molecule is N#CC(c1ccccc1)C1CCCN1c1ccc(S(=O)(=O)C(F)(F)F)cc1[N+](=O)[O-]. The van der Waals surface area contributed by atoms with E-state index in [-0.39, 0.29) is 5.69 Å². The summed E-state index contributed by atoms with van der Waals surface area (Å²) in [6.07, 6.45) is 1.17. The second-order valence-corrected chi connectivity index (χ2v) is 8.72. The maximum absolute atomic E-state index is 12.9. The molecular formula is C19H16F3N3O4S. The molecule has 1 fully saturated rings. The molecule has 1 heterocycles. The molecule has 2 aromatic carbocycles. The summed E-state index contributed by atoms with van der Waals surface area (Å²) in [4.78, 5) is 11.1. The van der Waals surface area contributed by atoms with Gasteiger partial charge in [-0.05, 0) is 30.5 Å². The van der Waals surface area contributed by atoms with Crippen LogP contribution in [0.1, 0.15) is 24.3 Å². The number of rotatable bonds is 5. The van der Waals surface area contributed by atoms with Crippen LogP contribution in [0.2, 0.25) is 0 Å². The first-order valence-electron chi connectivity index (χ1n) is 8.89. The van der Waals surface area contributed by atoms with E-state index in [0.29, 0.717) is 31.5 Å². The van der Waals surface area contributed by atoms with Crippen LogP contribution >= 0.6 is 0 Å². The van der Waals surface area contributed by atoms with Crippen molar-refractivity contribution in [2.24, 2.45) is 0 Å². The number of benzene rings is 2. The number of nitro benzene ring substituents is 1. The zero-order chi connectivity index (χ0) is 22.1. The standard InChI is InChI=1S/C19H16F3N3O4S/c20-19(21,22)30(28,29)14-8-9-17(18(11-14)25(26)27)24-10-4-7-16(24)15(12-23)13-5-2-1-3-6-13/h1-3,5-6,8-9,11,15-16H,4,7,10H2. The maximum Gasteiger partial charge on any atom is 0.501 e. The van der Waals surface area contributed by atoms with Crippen molar-refractivity contribution >= 4 is 21.2 Å². The summed E-state index contributed by atoms with van der Waals surface area (Å²) >= 11 is 0. The van der Waals surface area contributed by atoms with Gasteiger partial charge in [-0.1, -0.05) is 30.3 Å². The predicted molar refractivity (Wildman–Crippen MR) is 102 cm³/mol. The lowest BCUT2D eigenvalue weighted by Gasteiger charge is -2.30. The van der Waals surface area contributed by atoms with E-state index in [1.54, 1.807) is 35.2 Å². The molecule has 158 valence electrons. The summed E-state index contributed by atoms with van der Waals surface area (Å²) in [5, 5.41) is 21.3. The zero-order valence-corrected chi connectivity index (χ0v) is 16.2. The van der Waals surface area contributed by atoms with Gasteiger partial charge in [-0.2, -0.15) is 18.4 Å². The van der Waals surface area contributed by atoms with Crippen molar-refractivity contribution in [3.63, 3.8) is 0 Å². The van der Waals surface area contributed by atoms with E-state index in [9.17, 15) is 37.0 Å². The molecule has 0 aromatic heterocycles. The van der Waals surface area contributed by atoms with Gasteiger partial charge >= 0.3 is 5.51 Å².